The lowest BCUT2D eigenvalue weighted by Gasteiger charge is -2.38. The predicted octanol–water partition coefficient (Wildman–Crippen LogP) is 4.09. The van der Waals surface area contributed by atoms with E-state index in [0.29, 0.717) is 9.90 Å². The van der Waals surface area contributed by atoms with E-state index in [0.717, 1.165) is 19.5 Å². The molecule has 0 aliphatic heterocycles. The number of carbonyl (C=O) groups excluding carboxylic acids is 1. The summed E-state index contributed by atoms with van der Waals surface area (Å²) in [5.74, 6) is 0.142. The van der Waals surface area contributed by atoms with Crippen molar-refractivity contribution in [1.82, 2.24) is 4.90 Å². The molecule has 0 N–H and O–H groups in total. The molecule has 0 saturated carbocycles. The molecule has 0 radical (unpaired) electrons. The SMILES string of the molecule is CCN(CC)C(C)(CC)C(=O)c1sccc1Cl. The van der Waals surface area contributed by atoms with Crippen LogP contribution in [0.15, 0.2) is 11.4 Å². The highest BCUT2D eigenvalue weighted by molar-refractivity contribution is 7.12. The topological polar surface area (TPSA) is 20.3 Å². The van der Waals surface area contributed by atoms with E-state index in [1.165, 1.54) is 11.3 Å². The summed E-state index contributed by atoms with van der Waals surface area (Å²) in [7, 11) is 0. The second-order valence-electron chi connectivity index (χ2n) is 4.23. The maximum Gasteiger partial charge on any atom is 0.194 e. The predicted molar refractivity (Wildman–Crippen MR) is 75.3 cm³/mol. The maximum atomic E-state index is 12.6. The smallest absolute Gasteiger partial charge is 0.194 e. The molecule has 0 aliphatic rings. The summed E-state index contributed by atoms with van der Waals surface area (Å²) in [4.78, 5) is 15.5. The third kappa shape index (κ3) is 2.72. The zero-order valence-electron chi connectivity index (χ0n) is 10.9. The van der Waals surface area contributed by atoms with Crippen LogP contribution in [-0.2, 0) is 0 Å². The van der Waals surface area contributed by atoms with E-state index in [2.05, 4.69) is 25.7 Å². The third-order valence-corrected chi connectivity index (χ3v) is 4.80. The largest absolute Gasteiger partial charge is 0.292 e. The molecule has 1 aromatic rings. The van der Waals surface area contributed by atoms with Crippen molar-refractivity contribution in [2.75, 3.05) is 13.1 Å². The molecule has 0 saturated heterocycles. The van der Waals surface area contributed by atoms with Crippen molar-refractivity contribution in [2.45, 2.75) is 39.7 Å². The Hall–Kier alpha value is -0.380. The van der Waals surface area contributed by atoms with Crippen LogP contribution in [0.2, 0.25) is 5.02 Å². The zero-order chi connectivity index (χ0) is 13.1. The number of halogens is 1. The van der Waals surface area contributed by atoms with Gasteiger partial charge in [-0.1, -0.05) is 32.4 Å². The summed E-state index contributed by atoms with van der Waals surface area (Å²) in [6, 6.07) is 1.79. The fourth-order valence-electron chi connectivity index (χ4n) is 2.15. The number of nitrogens with zero attached hydrogens (tertiary/aromatic N) is 1. The van der Waals surface area contributed by atoms with Crippen LogP contribution >= 0.6 is 22.9 Å². The second-order valence-corrected chi connectivity index (χ2v) is 5.55. The van der Waals surface area contributed by atoms with Gasteiger partial charge in [-0.05, 0) is 37.9 Å². The van der Waals surface area contributed by atoms with Gasteiger partial charge in [-0.3, -0.25) is 9.69 Å². The number of thiophene rings is 1. The zero-order valence-corrected chi connectivity index (χ0v) is 12.5. The van der Waals surface area contributed by atoms with Gasteiger partial charge >= 0.3 is 0 Å². The Morgan fingerprint density at radius 3 is 2.35 bits per heavy atom. The Kier molecular flexibility index (Phi) is 5.17. The first-order chi connectivity index (χ1) is 8.01. The number of hydrogen-bond acceptors (Lipinski definition) is 3. The van der Waals surface area contributed by atoms with Crippen molar-refractivity contribution >= 4 is 28.7 Å². The summed E-state index contributed by atoms with van der Waals surface area (Å²) >= 11 is 7.49. The highest BCUT2D eigenvalue weighted by Gasteiger charge is 2.38. The molecular formula is C13H20ClNOS. The van der Waals surface area contributed by atoms with Gasteiger partial charge in [0.2, 0.25) is 0 Å². The van der Waals surface area contributed by atoms with Gasteiger partial charge in [-0.15, -0.1) is 11.3 Å². The Balaban J connectivity index is 3.09. The van der Waals surface area contributed by atoms with Crippen LogP contribution in [0.25, 0.3) is 0 Å². The summed E-state index contributed by atoms with van der Waals surface area (Å²) in [5, 5.41) is 2.44. The minimum absolute atomic E-state index is 0.142. The fraction of sp³-hybridized carbons (Fsp3) is 0.615. The first-order valence-electron chi connectivity index (χ1n) is 6.04. The molecule has 4 heteroatoms. The molecule has 0 spiro atoms. The maximum absolute atomic E-state index is 12.6. The van der Waals surface area contributed by atoms with E-state index in [1.807, 2.05) is 12.3 Å². The second kappa shape index (κ2) is 5.98. The first-order valence-corrected chi connectivity index (χ1v) is 7.29. The summed E-state index contributed by atoms with van der Waals surface area (Å²) in [5.41, 5.74) is -0.446. The quantitative estimate of drug-likeness (QED) is 0.728. The average Bonchev–Trinajstić information content (AvgIpc) is 2.75. The monoisotopic (exact) mass is 273 g/mol. The van der Waals surface area contributed by atoms with Crippen LogP contribution in [0.5, 0.6) is 0 Å². The van der Waals surface area contributed by atoms with E-state index in [9.17, 15) is 4.79 Å². The van der Waals surface area contributed by atoms with E-state index >= 15 is 0 Å². The molecule has 17 heavy (non-hydrogen) atoms. The van der Waals surface area contributed by atoms with Crippen molar-refractivity contribution in [3.8, 4) is 0 Å². The molecule has 0 aliphatic carbocycles. The van der Waals surface area contributed by atoms with Gasteiger partial charge in [0, 0.05) is 0 Å². The van der Waals surface area contributed by atoms with Crippen LogP contribution in [0.4, 0.5) is 0 Å². The van der Waals surface area contributed by atoms with Gasteiger partial charge in [0.25, 0.3) is 0 Å². The third-order valence-electron chi connectivity index (χ3n) is 3.46. The number of likely N-dealkylation sites (N-methyl/N-ethyl adjacent to an activating group) is 1. The fourth-order valence-corrected chi connectivity index (χ4v) is 3.35. The van der Waals surface area contributed by atoms with Crippen LogP contribution in [-0.4, -0.2) is 29.3 Å². The van der Waals surface area contributed by atoms with Crippen molar-refractivity contribution in [2.24, 2.45) is 0 Å². The van der Waals surface area contributed by atoms with E-state index < -0.39 is 5.54 Å². The van der Waals surface area contributed by atoms with Crippen LogP contribution < -0.4 is 0 Å². The van der Waals surface area contributed by atoms with Gasteiger partial charge in [-0.25, -0.2) is 0 Å². The van der Waals surface area contributed by atoms with E-state index in [4.69, 9.17) is 11.6 Å². The Labute approximate surface area is 113 Å². The minimum Gasteiger partial charge on any atom is -0.292 e. The van der Waals surface area contributed by atoms with Crippen molar-refractivity contribution in [3.05, 3.63) is 21.3 Å². The Bertz CT molecular complexity index is 387. The van der Waals surface area contributed by atoms with Gasteiger partial charge < -0.3 is 0 Å². The van der Waals surface area contributed by atoms with Crippen molar-refractivity contribution in [1.29, 1.82) is 0 Å². The lowest BCUT2D eigenvalue weighted by atomic mass is 9.90. The molecule has 2 nitrogen and oxygen atoms in total. The molecular weight excluding hydrogens is 254 g/mol. The van der Waals surface area contributed by atoms with Gasteiger partial charge in [0.05, 0.1) is 15.4 Å². The van der Waals surface area contributed by atoms with Crippen LogP contribution in [0.1, 0.15) is 43.8 Å². The molecule has 0 fully saturated rings. The number of ketones is 1. The summed E-state index contributed by atoms with van der Waals surface area (Å²) in [6.45, 7) is 9.97. The number of rotatable bonds is 6. The van der Waals surface area contributed by atoms with E-state index in [-0.39, 0.29) is 5.78 Å². The molecule has 0 bridgehead atoms. The minimum atomic E-state index is -0.446. The molecule has 1 atom stereocenters. The van der Waals surface area contributed by atoms with Crippen molar-refractivity contribution in [3.63, 3.8) is 0 Å². The van der Waals surface area contributed by atoms with Crippen LogP contribution in [0, 0.1) is 0 Å². The Morgan fingerprint density at radius 2 is 2.00 bits per heavy atom. The summed E-state index contributed by atoms with van der Waals surface area (Å²) in [6.07, 6.45) is 0.793. The normalized spacial score (nSPS) is 14.9. The standard InChI is InChI=1S/C13H20ClNOS/c1-5-13(4,15(6-2)7-3)12(16)11-10(14)8-9-17-11/h8-9H,5-7H2,1-4H3. The van der Waals surface area contributed by atoms with Crippen LogP contribution in [0.3, 0.4) is 0 Å². The highest BCUT2D eigenvalue weighted by Crippen LogP contribution is 2.31. The molecule has 1 unspecified atom stereocenters. The van der Waals surface area contributed by atoms with E-state index in [1.54, 1.807) is 6.07 Å². The first kappa shape index (κ1) is 14.7. The molecule has 1 rings (SSSR count). The average molecular weight is 274 g/mol. The molecule has 1 heterocycles. The molecule has 0 aromatic carbocycles. The van der Waals surface area contributed by atoms with Gasteiger partial charge in [0.15, 0.2) is 5.78 Å². The molecule has 0 amide bonds. The Morgan fingerprint density at radius 1 is 1.41 bits per heavy atom. The summed E-state index contributed by atoms with van der Waals surface area (Å²) < 4.78 is 0. The number of hydrogen-bond donors (Lipinski definition) is 0. The number of Topliss-reactive ketones (excluding diaryl/α,β-unsaturated/α-hetero) is 1. The van der Waals surface area contributed by atoms with Gasteiger partial charge in [-0.2, -0.15) is 0 Å². The highest BCUT2D eigenvalue weighted by atomic mass is 35.5. The lowest BCUT2D eigenvalue weighted by molar-refractivity contribution is 0.0612. The lowest BCUT2D eigenvalue weighted by Crippen LogP contribution is -2.51. The number of carbonyl (C=O) groups is 1. The molecule has 96 valence electrons. The molecule has 1 aromatic heterocycles. The van der Waals surface area contributed by atoms with Gasteiger partial charge in [0.1, 0.15) is 0 Å². The van der Waals surface area contributed by atoms with Crippen molar-refractivity contribution < 1.29 is 4.79 Å².